The van der Waals surface area contributed by atoms with E-state index >= 15 is 0 Å². The first-order valence-corrected chi connectivity index (χ1v) is 5.97. The minimum Gasteiger partial charge on any atom is -0.480 e. The van der Waals surface area contributed by atoms with E-state index in [0.717, 1.165) is 5.56 Å². The highest BCUT2D eigenvalue weighted by Gasteiger charge is 2.21. The second-order valence-corrected chi connectivity index (χ2v) is 4.10. The molecule has 0 aliphatic heterocycles. The van der Waals surface area contributed by atoms with Gasteiger partial charge in [0, 0.05) is 6.42 Å². The Labute approximate surface area is 115 Å². The van der Waals surface area contributed by atoms with E-state index in [2.05, 4.69) is 5.32 Å². The summed E-state index contributed by atoms with van der Waals surface area (Å²) in [6, 6.07) is 7.76. The number of primary amides is 1. The van der Waals surface area contributed by atoms with E-state index in [0.29, 0.717) is 0 Å². The second-order valence-electron chi connectivity index (χ2n) is 4.10. The Bertz CT molecular complexity index is 475. The van der Waals surface area contributed by atoms with Crippen LogP contribution in [0.15, 0.2) is 30.3 Å². The highest BCUT2D eigenvalue weighted by Crippen LogP contribution is 2.02. The van der Waals surface area contributed by atoms with Crippen molar-refractivity contribution in [3.63, 3.8) is 0 Å². The molecule has 0 heterocycles. The van der Waals surface area contributed by atoms with Crippen molar-refractivity contribution in [2.45, 2.75) is 25.5 Å². The lowest BCUT2D eigenvalue weighted by atomic mass is 10.1. The molecule has 2 amide bonds. The van der Waals surface area contributed by atoms with Gasteiger partial charge in [-0.1, -0.05) is 30.3 Å². The first-order chi connectivity index (χ1) is 9.49. The van der Waals surface area contributed by atoms with Gasteiger partial charge in [0.05, 0.1) is 0 Å². The number of benzene rings is 1. The van der Waals surface area contributed by atoms with Gasteiger partial charge in [0.15, 0.2) is 0 Å². The minimum atomic E-state index is -1.25. The van der Waals surface area contributed by atoms with Crippen molar-refractivity contribution in [2.75, 3.05) is 0 Å². The molecule has 1 aromatic rings. The van der Waals surface area contributed by atoms with Crippen LogP contribution in [0.2, 0.25) is 0 Å². The van der Waals surface area contributed by atoms with E-state index in [1.165, 1.54) is 0 Å². The van der Waals surface area contributed by atoms with Gasteiger partial charge in [0.25, 0.3) is 0 Å². The molecular weight excluding hydrogens is 264 g/mol. The molecule has 0 saturated heterocycles. The zero-order valence-electron chi connectivity index (χ0n) is 10.7. The van der Waals surface area contributed by atoms with Gasteiger partial charge in [-0.3, -0.25) is 4.79 Å². The molecule has 0 saturated carbocycles. The first-order valence-electron chi connectivity index (χ1n) is 5.97. The Hall–Kier alpha value is -2.57. The molecule has 0 aliphatic rings. The Balaban J connectivity index is 2.41. The first kappa shape index (κ1) is 15.5. The number of aliphatic carboxylic acids is 1. The molecule has 0 aliphatic carbocycles. The van der Waals surface area contributed by atoms with Gasteiger partial charge in [-0.05, 0) is 12.0 Å². The summed E-state index contributed by atoms with van der Waals surface area (Å²) in [5.74, 6) is -1.88. The Morgan fingerprint density at radius 1 is 1.25 bits per heavy atom. The summed E-state index contributed by atoms with van der Waals surface area (Å²) in [6.45, 7) is 0.0365. The molecule has 108 valence electrons. The predicted molar refractivity (Wildman–Crippen MR) is 69.6 cm³/mol. The summed E-state index contributed by atoms with van der Waals surface area (Å²) in [5.41, 5.74) is 5.71. The van der Waals surface area contributed by atoms with Gasteiger partial charge in [0.2, 0.25) is 5.91 Å². The molecule has 1 rings (SSSR count). The van der Waals surface area contributed by atoms with Crippen LogP contribution in [0.25, 0.3) is 0 Å². The molecule has 0 unspecified atom stereocenters. The zero-order valence-corrected chi connectivity index (χ0v) is 10.7. The lowest BCUT2D eigenvalue weighted by molar-refractivity contribution is -0.139. The van der Waals surface area contributed by atoms with E-state index in [1.807, 2.05) is 6.07 Å². The number of ether oxygens (including phenoxy) is 1. The molecule has 7 heteroatoms. The number of amides is 2. The summed E-state index contributed by atoms with van der Waals surface area (Å²) in [5, 5.41) is 11.1. The van der Waals surface area contributed by atoms with Crippen molar-refractivity contribution in [3.05, 3.63) is 35.9 Å². The van der Waals surface area contributed by atoms with Gasteiger partial charge in [-0.2, -0.15) is 0 Å². The van der Waals surface area contributed by atoms with Crippen molar-refractivity contribution in [1.29, 1.82) is 0 Å². The Kier molecular flexibility index (Phi) is 6.02. The number of alkyl carbamates (subject to hydrolysis) is 1. The third kappa shape index (κ3) is 5.85. The van der Waals surface area contributed by atoms with Gasteiger partial charge in [-0.15, -0.1) is 0 Å². The van der Waals surface area contributed by atoms with Crippen LogP contribution in [0, 0.1) is 0 Å². The number of nitrogens with two attached hydrogens (primary N) is 1. The Morgan fingerprint density at radius 2 is 1.90 bits per heavy atom. The van der Waals surface area contributed by atoms with Gasteiger partial charge >= 0.3 is 12.1 Å². The lowest BCUT2D eigenvalue weighted by Gasteiger charge is -2.13. The smallest absolute Gasteiger partial charge is 0.408 e. The normalized spacial score (nSPS) is 11.4. The van der Waals surface area contributed by atoms with E-state index in [4.69, 9.17) is 15.6 Å². The van der Waals surface area contributed by atoms with Crippen LogP contribution in [0.1, 0.15) is 18.4 Å². The van der Waals surface area contributed by atoms with E-state index in [-0.39, 0.29) is 19.4 Å². The predicted octanol–water partition coefficient (Wildman–Crippen LogP) is 0.631. The maximum Gasteiger partial charge on any atom is 0.408 e. The summed E-state index contributed by atoms with van der Waals surface area (Å²) >= 11 is 0. The molecule has 0 bridgehead atoms. The quantitative estimate of drug-likeness (QED) is 0.677. The van der Waals surface area contributed by atoms with Gasteiger partial charge < -0.3 is 20.9 Å². The fourth-order valence-corrected chi connectivity index (χ4v) is 1.45. The van der Waals surface area contributed by atoms with Crippen LogP contribution in [-0.2, 0) is 20.9 Å². The van der Waals surface area contributed by atoms with Crippen molar-refractivity contribution >= 4 is 18.0 Å². The van der Waals surface area contributed by atoms with Crippen LogP contribution < -0.4 is 11.1 Å². The molecule has 4 N–H and O–H groups in total. The summed E-state index contributed by atoms with van der Waals surface area (Å²) in [4.78, 5) is 33.0. The number of hydrogen-bond acceptors (Lipinski definition) is 4. The third-order valence-corrected chi connectivity index (χ3v) is 2.48. The number of nitrogens with one attached hydrogen (secondary N) is 1. The number of rotatable bonds is 7. The molecule has 20 heavy (non-hydrogen) atoms. The van der Waals surface area contributed by atoms with Crippen LogP contribution >= 0.6 is 0 Å². The summed E-state index contributed by atoms with van der Waals surface area (Å²) < 4.78 is 4.89. The van der Waals surface area contributed by atoms with Crippen molar-refractivity contribution in [2.24, 2.45) is 5.73 Å². The largest absolute Gasteiger partial charge is 0.480 e. The third-order valence-electron chi connectivity index (χ3n) is 2.48. The lowest BCUT2D eigenvalue weighted by Crippen LogP contribution is -2.41. The minimum absolute atomic E-state index is 0.0365. The summed E-state index contributed by atoms with van der Waals surface area (Å²) in [6.07, 6.45) is -1.06. The van der Waals surface area contributed by atoms with Crippen LogP contribution in [0.4, 0.5) is 4.79 Å². The molecule has 7 nitrogen and oxygen atoms in total. The number of carboxylic acid groups (broad SMARTS) is 1. The van der Waals surface area contributed by atoms with Crippen LogP contribution in [0.5, 0.6) is 0 Å². The zero-order chi connectivity index (χ0) is 15.0. The SMILES string of the molecule is NC(=O)CC[C@@H](NC(=O)OCc1ccccc1)C(=O)O. The molecule has 0 aromatic heterocycles. The highest BCUT2D eigenvalue weighted by molar-refractivity contribution is 5.81. The van der Waals surface area contributed by atoms with E-state index in [1.54, 1.807) is 24.3 Å². The van der Waals surface area contributed by atoms with Crippen molar-refractivity contribution in [1.82, 2.24) is 5.32 Å². The number of carboxylic acids is 1. The average Bonchev–Trinajstić information content (AvgIpc) is 2.41. The molecule has 1 aromatic carbocycles. The topological polar surface area (TPSA) is 119 Å². The number of hydrogen-bond donors (Lipinski definition) is 3. The fraction of sp³-hybridized carbons (Fsp3) is 0.308. The highest BCUT2D eigenvalue weighted by atomic mass is 16.5. The van der Waals surface area contributed by atoms with Crippen LogP contribution in [-0.4, -0.2) is 29.1 Å². The Morgan fingerprint density at radius 3 is 2.45 bits per heavy atom. The van der Waals surface area contributed by atoms with E-state index in [9.17, 15) is 14.4 Å². The molecular formula is C13H16N2O5. The second kappa shape index (κ2) is 7.78. The van der Waals surface area contributed by atoms with Gasteiger partial charge in [-0.25, -0.2) is 9.59 Å². The average molecular weight is 280 g/mol. The molecule has 1 atom stereocenters. The standard InChI is InChI=1S/C13H16N2O5/c14-11(16)7-6-10(12(17)18)15-13(19)20-8-9-4-2-1-3-5-9/h1-5,10H,6-8H2,(H2,14,16)(H,15,19)(H,17,18)/t10-/m1/s1. The number of carbonyl (C=O) groups excluding carboxylic acids is 2. The van der Waals surface area contributed by atoms with Crippen LogP contribution in [0.3, 0.4) is 0 Å². The monoisotopic (exact) mass is 280 g/mol. The summed E-state index contributed by atoms with van der Waals surface area (Å²) in [7, 11) is 0. The maximum atomic E-state index is 11.5. The van der Waals surface area contributed by atoms with Gasteiger partial charge in [0.1, 0.15) is 12.6 Å². The van der Waals surface area contributed by atoms with Crippen molar-refractivity contribution < 1.29 is 24.2 Å². The fourth-order valence-electron chi connectivity index (χ4n) is 1.45. The van der Waals surface area contributed by atoms with Crippen molar-refractivity contribution in [3.8, 4) is 0 Å². The molecule has 0 spiro atoms. The number of carbonyl (C=O) groups is 3. The maximum absolute atomic E-state index is 11.5. The molecule has 0 fully saturated rings. The van der Waals surface area contributed by atoms with E-state index < -0.39 is 24.0 Å². The molecule has 0 radical (unpaired) electrons.